The number of carboxylic acid groups (broad SMARTS) is 1. The molecule has 8 heteroatoms. The number of hydrogen-bond donors (Lipinski definition) is 4. The maximum Gasteiger partial charge on any atom is 0.326 e. The molecule has 2 aromatic carbocycles. The summed E-state index contributed by atoms with van der Waals surface area (Å²) in [6.45, 7) is 2.76. The highest BCUT2D eigenvalue weighted by atomic mass is 16.4. The molecule has 3 unspecified atom stereocenters. The van der Waals surface area contributed by atoms with Crippen LogP contribution < -0.4 is 16.4 Å². The Hall–Kier alpha value is -2.81. The van der Waals surface area contributed by atoms with Crippen LogP contribution in [0.4, 0.5) is 0 Å². The van der Waals surface area contributed by atoms with Crippen LogP contribution in [-0.2, 0) is 20.8 Å². The van der Waals surface area contributed by atoms with Crippen molar-refractivity contribution >= 4 is 28.9 Å². The lowest BCUT2D eigenvalue weighted by molar-refractivity contribution is -0.142. The summed E-state index contributed by atoms with van der Waals surface area (Å²) in [5.41, 5.74) is 6.76. The van der Waals surface area contributed by atoms with Crippen LogP contribution in [0.2, 0.25) is 0 Å². The molecule has 34 heavy (non-hydrogen) atoms. The fourth-order valence-corrected chi connectivity index (χ4v) is 4.12. The number of amides is 1. The van der Waals surface area contributed by atoms with Gasteiger partial charge in [-0.1, -0.05) is 62.2 Å². The third kappa shape index (κ3) is 8.20. The van der Waals surface area contributed by atoms with Gasteiger partial charge in [-0.25, -0.2) is 4.79 Å². The Kier molecular flexibility index (Phi) is 11.1. The molecule has 0 aliphatic carbocycles. The van der Waals surface area contributed by atoms with Gasteiger partial charge in [-0.3, -0.25) is 9.69 Å². The van der Waals surface area contributed by atoms with E-state index in [1.165, 1.54) is 0 Å². The van der Waals surface area contributed by atoms with Crippen molar-refractivity contribution in [1.82, 2.24) is 15.5 Å². The highest BCUT2D eigenvalue weighted by Gasteiger charge is 2.34. The molecule has 0 aromatic heterocycles. The number of fused-ring (bicyclic) bond motifs is 1. The lowest BCUT2D eigenvalue weighted by Gasteiger charge is -2.21. The van der Waals surface area contributed by atoms with E-state index in [1.807, 2.05) is 61.5 Å². The molecule has 1 saturated heterocycles. The second-order valence-electron chi connectivity index (χ2n) is 8.91. The van der Waals surface area contributed by atoms with Gasteiger partial charge < -0.3 is 26.3 Å². The monoisotopic (exact) mass is 470 g/mol. The van der Waals surface area contributed by atoms with Crippen molar-refractivity contribution in [2.24, 2.45) is 5.73 Å². The van der Waals surface area contributed by atoms with Gasteiger partial charge in [-0.15, -0.1) is 0 Å². The molecule has 4 atom stereocenters. The maximum absolute atomic E-state index is 12.4. The molecule has 3 rings (SSSR count). The van der Waals surface area contributed by atoms with Crippen LogP contribution in [0.15, 0.2) is 42.5 Å². The van der Waals surface area contributed by atoms with E-state index in [4.69, 9.17) is 5.73 Å². The Morgan fingerprint density at radius 1 is 1.24 bits per heavy atom. The Balaban J connectivity index is 0.000000387. The van der Waals surface area contributed by atoms with E-state index in [0.29, 0.717) is 13.0 Å². The molecule has 1 heterocycles. The second-order valence-corrected chi connectivity index (χ2v) is 8.91. The van der Waals surface area contributed by atoms with Crippen molar-refractivity contribution in [3.05, 3.63) is 48.0 Å². The van der Waals surface area contributed by atoms with Gasteiger partial charge in [0.2, 0.25) is 5.91 Å². The van der Waals surface area contributed by atoms with Gasteiger partial charge in [0.25, 0.3) is 0 Å². The summed E-state index contributed by atoms with van der Waals surface area (Å²) in [6, 6.07) is 12.4. The summed E-state index contributed by atoms with van der Waals surface area (Å²) in [4.78, 5) is 36.1. The Morgan fingerprint density at radius 2 is 1.94 bits per heavy atom. The van der Waals surface area contributed by atoms with Crippen molar-refractivity contribution < 1.29 is 19.5 Å². The van der Waals surface area contributed by atoms with Crippen LogP contribution in [0.1, 0.15) is 38.2 Å². The van der Waals surface area contributed by atoms with E-state index >= 15 is 0 Å². The highest BCUT2D eigenvalue weighted by Crippen LogP contribution is 2.18. The minimum atomic E-state index is -1.04. The third-order valence-corrected chi connectivity index (χ3v) is 6.16. The molecule has 0 spiro atoms. The number of likely N-dealkylation sites (tertiary alicyclic amines) is 1. The summed E-state index contributed by atoms with van der Waals surface area (Å²) in [6.07, 6.45) is 5.02. The molecule has 0 saturated carbocycles. The smallest absolute Gasteiger partial charge is 0.326 e. The van der Waals surface area contributed by atoms with Gasteiger partial charge in [0.15, 0.2) is 0 Å². The van der Waals surface area contributed by atoms with Gasteiger partial charge in [0.1, 0.15) is 12.3 Å². The average molecular weight is 471 g/mol. The summed E-state index contributed by atoms with van der Waals surface area (Å²) >= 11 is 0. The number of aliphatic carboxylic acids is 1. The van der Waals surface area contributed by atoms with E-state index in [-0.39, 0.29) is 30.5 Å². The molecule has 5 N–H and O–H groups in total. The molecular weight excluding hydrogens is 432 g/mol. The topological polar surface area (TPSA) is 125 Å². The van der Waals surface area contributed by atoms with Gasteiger partial charge >= 0.3 is 5.97 Å². The standard InChI is InChI=1S/C19H23N3O3.C7H15NO/c1-22-11-15(20)10-17(22)18(23)21-16(19(24)25)9-12-6-7-13-4-2-3-5-14(13)8-12;1-3-4-5-7(6-9)8-2/h2-8,15-17H,9-11,20H2,1H3,(H,21,23)(H,24,25);6-8H,3-5H2,1-2H3/t;7-/m.0/s1. The molecule has 0 radical (unpaired) electrons. The number of likely N-dealkylation sites (N-methyl/N-ethyl adjacent to an activating group) is 2. The van der Waals surface area contributed by atoms with E-state index in [0.717, 1.165) is 41.9 Å². The number of carbonyl (C=O) groups is 3. The minimum Gasteiger partial charge on any atom is -0.480 e. The molecule has 1 aliphatic rings. The number of rotatable bonds is 10. The normalized spacial score (nSPS) is 19.6. The molecule has 1 aliphatic heterocycles. The van der Waals surface area contributed by atoms with Crippen LogP contribution in [0, 0.1) is 0 Å². The maximum atomic E-state index is 12.4. The van der Waals surface area contributed by atoms with E-state index < -0.39 is 12.0 Å². The predicted octanol–water partition coefficient (Wildman–Crippen LogP) is 1.95. The number of carbonyl (C=O) groups excluding carboxylic acids is 2. The first kappa shape index (κ1) is 27.4. The van der Waals surface area contributed by atoms with Gasteiger partial charge in [0, 0.05) is 19.0 Å². The number of nitrogens with two attached hydrogens (primary N) is 1. The number of nitrogens with one attached hydrogen (secondary N) is 2. The van der Waals surface area contributed by atoms with Crippen LogP contribution in [0.25, 0.3) is 10.8 Å². The summed E-state index contributed by atoms with van der Waals surface area (Å²) in [5.74, 6) is -1.31. The molecule has 1 amide bonds. The highest BCUT2D eigenvalue weighted by molar-refractivity contribution is 5.88. The zero-order valence-corrected chi connectivity index (χ0v) is 20.4. The van der Waals surface area contributed by atoms with Crippen molar-refractivity contribution in [1.29, 1.82) is 0 Å². The van der Waals surface area contributed by atoms with Crippen molar-refractivity contribution in [3.63, 3.8) is 0 Å². The summed E-state index contributed by atoms with van der Waals surface area (Å²) < 4.78 is 0. The van der Waals surface area contributed by atoms with Gasteiger partial charge in [0.05, 0.1) is 12.1 Å². The predicted molar refractivity (Wildman–Crippen MR) is 135 cm³/mol. The van der Waals surface area contributed by atoms with Crippen molar-refractivity contribution in [3.8, 4) is 0 Å². The average Bonchev–Trinajstić information content (AvgIpc) is 3.17. The van der Waals surface area contributed by atoms with Crippen LogP contribution in [0.3, 0.4) is 0 Å². The first-order valence-corrected chi connectivity index (χ1v) is 11.9. The zero-order chi connectivity index (χ0) is 25.1. The number of hydrogen-bond acceptors (Lipinski definition) is 6. The van der Waals surface area contributed by atoms with Crippen LogP contribution in [-0.4, -0.2) is 73.0 Å². The fourth-order valence-electron chi connectivity index (χ4n) is 4.12. The second kappa shape index (κ2) is 13.8. The Labute approximate surface area is 201 Å². The van der Waals surface area contributed by atoms with Gasteiger partial charge in [-0.05, 0) is 43.3 Å². The number of aldehydes is 1. The lowest BCUT2D eigenvalue weighted by atomic mass is 10.0. The molecule has 8 nitrogen and oxygen atoms in total. The number of nitrogens with zero attached hydrogens (tertiary/aromatic N) is 1. The molecular formula is C26H38N4O4. The van der Waals surface area contributed by atoms with Crippen molar-refractivity contribution in [2.45, 2.75) is 63.2 Å². The number of carboxylic acids is 1. The Morgan fingerprint density at radius 3 is 2.50 bits per heavy atom. The van der Waals surface area contributed by atoms with E-state index in [9.17, 15) is 19.5 Å². The fraction of sp³-hybridized carbons (Fsp3) is 0.500. The first-order chi connectivity index (χ1) is 16.3. The SMILES string of the molecule is CCCC[C@@H](C=O)NC.CN1CC(N)CC1C(=O)NC(Cc1ccc2ccccc2c1)C(=O)O. The Bertz CT molecular complexity index is 951. The molecule has 2 aromatic rings. The molecule has 0 bridgehead atoms. The first-order valence-electron chi connectivity index (χ1n) is 11.9. The lowest BCUT2D eigenvalue weighted by Crippen LogP contribution is -2.49. The van der Waals surface area contributed by atoms with E-state index in [2.05, 4.69) is 17.6 Å². The van der Waals surface area contributed by atoms with Crippen molar-refractivity contribution in [2.75, 3.05) is 20.6 Å². The quantitative estimate of drug-likeness (QED) is 0.391. The number of unbranched alkanes of at least 4 members (excludes halogenated alkanes) is 1. The number of benzene rings is 2. The van der Waals surface area contributed by atoms with Crippen LogP contribution >= 0.6 is 0 Å². The largest absolute Gasteiger partial charge is 0.480 e. The summed E-state index contributed by atoms with van der Waals surface area (Å²) in [7, 11) is 3.64. The minimum absolute atomic E-state index is 0.0514. The molecule has 186 valence electrons. The third-order valence-electron chi connectivity index (χ3n) is 6.16. The van der Waals surface area contributed by atoms with Gasteiger partial charge in [-0.2, -0.15) is 0 Å². The summed E-state index contributed by atoms with van der Waals surface area (Å²) in [5, 5.41) is 17.2. The molecule has 1 fully saturated rings. The zero-order valence-electron chi connectivity index (χ0n) is 20.4. The van der Waals surface area contributed by atoms with E-state index in [1.54, 1.807) is 0 Å². The van der Waals surface area contributed by atoms with Crippen LogP contribution in [0.5, 0.6) is 0 Å².